The molecule has 1 saturated heterocycles. The number of methoxy groups -OCH3 is 1. The van der Waals surface area contributed by atoms with Crippen molar-refractivity contribution in [3.8, 4) is 5.75 Å². The van der Waals surface area contributed by atoms with Gasteiger partial charge in [-0.15, -0.1) is 0 Å². The molecule has 34 heavy (non-hydrogen) atoms. The minimum Gasteiger partial charge on any atom is -0.495 e. The number of benzene rings is 3. The summed E-state index contributed by atoms with van der Waals surface area (Å²) in [5.41, 5.74) is 4.10. The summed E-state index contributed by atoms with van der Waals surface area (Å²) in [5.74, 6) is -1.73. The number of nitrogens with one attached hydrogen (secondary N) is 1. The summed E-state index contributed by atoms with van der Waals surface area (Å²) < 4.78 is 5.34. The van der Waals surface area contributed by atoms with Crippen molar-refractivity contribution in [1.29, 1.82) is 0 Å². The molecule has 4 amide bonds. The lowest BCUT2D eigenvalue weighted by Crippen LogP contribution is -2.54. The van der Waals surface area contributed by atoms with Crippen molar-refractivity contribution >= 4 is 40.1 Å². The first-order valence-electron chi connectivity index (χ1n) is 11.0. The summed E-state index contributed by atoms with van der Waals surface area (Å²) in [6.45, 7) is 3.46. The summed E-state index contributed by atoms with van der Waals surface area (Å²) in [6, 6.07) is 16.7. The highest BCUT2D eigenvalue weighted by Crippen LogP contribution is 2.34. The van der Waals surface area contributed by atoms with Gasteiger partial charge in [-0.05, 0) is 41.5 Å². The minimum absolute atomic E-state index is 0.0432. The van der Waals surface area contributed by atoms with E-state index in [0.717, 1.165) is 20.9 Å². The van der Waals surface area contributed by atoms with E-state index in [-0.39, 0.29) is 12.8 Å². The van der Waals surface area contributed by atoms with Gasteiger partial charge in [-0.1, -0.05) is 49.4 Å². The highest BCUT2D eigenvalue weighted by molar-refractivity contribution is 6.23. The van der Waals surface area contributed by atoms with Gasteiger partial charge in [0.15, 0.2) is 0 Å². The summed E-state index contributed by atoms with van der Waals surface area (Å²) >= 11 is 0. The molecule has 0 aliphatic carbocycles. The fourth-order valence-corrected chi connectivity index (χ4v) is 4.12. The van der Waals surface area contributed by atoms with Crippen LogP contribution in [-0.2, 0) is 14.4 Å². The Labute approximate surface area is 197 Å². The maximum Gasteiger partial charge on any atom is 0.270 e. The van der Waals surface area contributed by atoms with Crippen LogP contribution >= 0.6 is 0 Å². The Morgan fingerprint density at radius 2 is 1.82 bits per heavy atom. The number of carbonyl (C=O) groups excluding carboxylic acids is 4. The molecule has 3 aromatic carbocycles. The molecule has 0 spiro atoms. The largest absolute Gasteiger partial charge is 0.495 e. The number of anilines is 1. The predicted octanol–water partition coefficient (Wildman–Crippen LogP) is 3.37. The minimum atomic E-state index is -1.16. The molecule has 8 heteroatoms. The van der Waals surface area contributed by atoms with Crippen molar-refractivity contribution in [3.05, 3.63) is 71.8 Å². The van der Waals surface area contributed by atoms with Crippen LogP contribution in [0.15, 0.2) is 60.7 Å². The van der Waals surface area contributed by atoms with Crippen molar-refractivity contribution in [2.45, 2.75) is 32.7 Å². The Hall–Kier alpha value is -4.20. The van der Waals surface area contributed by atoms with E-state index in [4.69, 9.17) is 4.74 Å². The van der Waals surface area contributed by atoms with Gasteiger partial charge in [-0.3, -0.25) is 24.6 Å². The first-order valence-corrected chi connectivity index (χ1v) is 11.0. The van der Waals surface area contributed by atoms with Gasteiger partial charge in [-0.25, -0.2) is 9.91 Å². The molecule has 0 radical (unpaired) electrons. The van der Waals surface area contributed by atoms with Crippen LogP contribution in [0.25, 0.3) is 10.8 Å². The third-order valence-electron chi connectivity index (χ3n) is 5.84. The van der Waals surface area contributed by atoms with E-state index in [1.54, 1.807) is 31.2 Å². The number of fused-ring (bicyclic) bond motifs is 1. The lowest BCUT2D eigenvalue weighted by atomic mass is 10.0. The molecule has 8 nitrogen and oxygen atoms in total. The number of carbonyl (C=O) groups is 4. The number of hydrazine groups is 1. The van der Waals surface area contributed by atoms with E-state index >= 15 is 0 Å². The van der Waals surface area contributed by atoms with E-state index in [9.17, 15) is 19.2 Å². The molecule has 1 aliphatic rings. The maximum absolute atomic E-state index is 13.4. The number of hydrogen-bond donors (Lipinski definition) is 1. The number of imide groups is 1. The second kappa shape index (κ2) is 9.35. The number of ether oxygens (including phenoxy) is 1. The quantitative estimate of drug-likeness (QED) is 0.466. The summed E-state index contributed by atoms with van der Waals surface area (Å²) in [4.78, 5) is 53.3. The predicted molar refractivity (Wildman–Crippen MR) is 127 cm³/mol. The number of hydrogen-bond acceptors (Lipinski definition) is 5. The maximum atomic E-state index is 13.4. The van der Waals surface area contributed by atoms with Gasteiger partial charge in [0.05, 0.1) is 19.2 Å². The molecular formula is C26H25N3O5. The van der Waals surface area contributed by atoms with Crippen molar-refractivity contribution in [2.75, 3.05) is 12.0 Å². The molecule has 1 fully saturated rings. The molecule has 1 N–H and O–H groups in total. The van der Waals surface area contributed by atoms with Crippen molar-refractivity contribution in [3.63, 3.8) is 0 Å². The molecule has 4 rings (SSSR count). The van der Waals surface area contributed by atoms with Gasteiger partial charge in [-0.2, -0.15) is 0 Å². The van der Waals surface area contributed by atoms with E-state index in [0.29, 0.717) is 22.4 Å². The van der Waals surface area contributed by atoms with Gasteiger partial charge in [0, 0.05) is 12.0 Å². The van der Waals surface area contributed by atoms with E-state index < -0.39 is 29.7 Å². The van der Waals surface area contributed by atoms with Crippen LogP contribution in [0.5, 0.6) is 5.75 Å². The third kappa shape index (κ3) is 4.10. The van der Waals surface area contributed by atoms with E-state index in [1.165, 1.54) is 7.11 Å². The van der Waals surface area contributed by atoms with Crippen LogP contribution in [0.1, 0.15) is 35.7 Å². The summed E-state index contributed by atoms with van der Waals surface area (Å²) in [7, 11) is 1.45. The Balaban J connectivity index is 1.67. The summed E-state index contributed by atoms with van der Waals surface area (Å²) in [6.07, 6.45) is -0.209. The highest BCUT2D eigenvalue weighted by Gasteiger charge is 2.46. The van der Waals surface area contributed by atoms with Gasteiger partial charge in [0.1, 0.15) is 11.8 Å². The van der Waals surface area contributed by atoms with Crippen molar-refractivity contribution < 1.29 is 23.9 Å². The molecular weight excluding hydrogens is 434 g/mol. The fourth-order valence-electron chi connectivity index (χ4n) is 4.12. The smallest absolute Gasteiger partial charge is 0.270 e. The van der Waals surface area contributed by atoms with Crippen LogP contribution in [0.2, 0.25) is 0 Å². The zero-order valence-corrected chi connectivity index (χ0v) is 19.2. The topological polar surface area (TPSA) is 96.0 Å². The van der Waals surface area contributed by atoms with Gasteiger partial charge < -0.3 is 4.74 Å². The number of nitrogens with zero attached hydrogens (tertiary/aromatic N) is 2. The zero-order chi connectivity index (χ0) is 24.4. The van der Waals surface area contributed by atoms with Crippen LogP contribution in [-0.4, -0.2) is 41.8 Å². The number of rotatable bonds is 5. The zero-order valence-electron chi connectivity index (χ0n) is 19.2. The SMILES string of the molecule is CCC(=O)N(NC(=O)c1cccc2ccccc12)C1CC(=O)N(c2cc(C)ccc2OC)C1=O. The van der Waals surface area contributed by atoms with E-state index in [2.05, 4.69) is 5.43 Å². The van der Waals surface area contributed by atoms with Gasteiger partial charge in [0.2, 0.25) is 11.8 Å². The van der Waals surface area contributed by atoms with Crippen LogP contribution in [0, 0.1) is 6.92 Å². The standard InChI is InChI=1S/C26H25N3O5/c1-4-23(30)29(27-25(32)19-11-7-9-17-8-5-6-10-18(17)19)21-15-24(31)28(26(21)33)20-14-16(2)12-13-22(20)34-3/h5-14,21H,4,15H2,1-3H3,(H,27,32). The fraction of sp³-hybridized carbons (Fsp3) is 0.231. The first kappa shape index (κ1) is 23.0. The van der Waals surface area contributed by atoms with Crippen LogP contribution in [0.4, 0.5) is 5.69 Å². The van der Waals surface area contributed by atoms with E-state index in [1.807, 2.05) is 43.3 Å². The normalized spacial score (nSPS) is 15.5. The van der Waals surface area contributed by atoms with Gasteiger partial charge >= 0.3 is 0 Å². The third-order valence-corrected chi connectivity index (χ3v) is 5.84. The molecule has 1 atom stereocenters. The first-order chi connectivity index (χ1) is 16.3. The monoisotopic (exact) mass is 459 g/mol. The molecule has 0 bridgehead atoms. The number of aryl methyl sites for hydroxylation is 1. The average molecular weight is 460 g/mol. The summed E-state index contributed by atoms with van der Waals surface area (Å²) in [5, 5.41) is 2.58. The average Bonchev–Trinajstić information content (AvgIpc) is 3.14. The van der Waals surface area contributed by atoms with Gasteiger partial charge in [0.25, 0.3) is 11.8 Å². The van der Waals surface area contributed by atoms with Crippen molar-refractivity contribution in [2.24, 2.45) is 0 Å². The lowest BCUT2D eigenvalue weighted by molar-refractivity contribution is -0.140. The van der Waals surface area contributed by atoms with Crippen LogP contribution in [0.3, 0.4) is 0 Å². The molecule has 3 aromatic rings. The Kier molecular flexibility index (Phi) is 6.32. The molecule has 0 aromatic heterocycles. The molecule has 1 unspecified atom stereocenters. The molecule has 0 saturated carbocycles. The molecule has 174 valence electrons. The van der Waals surface area contributed by atoms with Crippen molar-refractivity contribution in [1.82, 2.24) is 10.4 Å². The second-order valence-corrected chi connectivity index (χ2v) is 8.05. The molecule has 1 heterocycles. The highest BCUT2D eigenvalue weighted by atomic mass is 16.5. The Bertz CT molecular complexity index is 1300. The Morgan fingerprint density at radius 1 is 1.09 bits per heavy atom. The second-order valence-electron chi connectivity index (χ2n) is 8.05. The number of amides is 4. The molecule has 1 aliphatic heterocycles. The Morgan fingerprint density at radius 3 is 2.56 bits per heavy atom. The lowest BCUT2D eigenvalue weighted by Gasteiger charge is -2.28. The van der Waals surface area contributed by atoms with Crippen LogP contribution < -0.4 is 15.1 Å².